The van der Waals surface area contributed by atoms with Gasteiger partial charge in [-0.05, 0) is 24.3 Å². The van der Waals surface area contributed by atoms with Gasteiger partial charge in [0.2, 0.25) is 5.88 Å². The van der Waals surface area contributed by atoms with Gasteiger partial charge < -0.3 is 15.2 Å². The standard InChI is InChI=1S/C13H11ClN2O3.C2H6/c1-19-12-5-3-9(7-15-12)16-11-6-8(14)2-4-10(11)13(17)18;1-2/h2-7,16H,1H3,(H,17,18);1-2H3. The molecule has 0 amide bonds. The highest BCUT2D eigenvalue weighted by atomic mass is 35.5. The van der Waals surface area contributed by atoms with Crippen LogP contribution in [0.4, 0.5) is 11.4 Å². The zero-order valence-electron chi connectivity index (χ0n) is 12.1. The number of rotatable bonds is 4. The average molecular weight is 309 g/mol. The number of carboxylic acid groups (broad SMARTS) is 1. The van der Waals surface area contributed by atoms with Crippen LogP contribution in [0, 0.1) is 0 Å². The maximum absolute atomic E-state index is 11.1. The maximum atomic E-state index is 11.1. The molecule has 0 atom stereocenters. The molecular formula is C15H17ClN2O3. The van der Waals surface area contributed by atoms with Crippen molar-refractivity contribution in [3.63, 3.8) is 0 Å². The molecule has 1 aromatic carbocycles. The molecule has 0 aliphatic carbocycles. The number of hydrogen-bond donors (Lipinski definition) is 2. The Morgan fingerprint density at radius 3 is 2.52 bits per heavy atom. The lowest BCUT2D eigenvalue weighted by Gasteiger charge is -2.10. The summed E-state index contributed by atoms with van der Waals surface area (Å²) < 4.78 is 4.95. The van der Waals surface area contributed by atoms with Crippen molar-refractivity contribution in [3.8, 4) is 5.88 Å². The van der Waals surface area contributed by atoms with E-state index in [-0.39, 0.29) is 5.56 Å². The van der Waals surface area contributed by atoms with E-state index in [0.29, 0.717) is 22.3 Å². The number of anilines is 2. The Morgan fingerprint density at radius 2 is 2.00 bits per heavy atom. The smallest absolute Gasteiger partial charge is 0.337 e. The molecule has 2 rings (SSSR count). The Bertz CT molecular complexity index is 600. The van der Waals surface area contributed by atoms with E-state index < -0.39 is 5.97 Å². The molecule has 1 heterocycles. The predicted octanol–water partition coefficient (Wildman–Crippen LogP) is 4.21. The SMILES string of the molecule is CC.COc1ccc(Nc2cc(Cl)ccc2C(=O)O)cn1. The number of nitrogens with one attached hydrogen (secondary N) is 1. The second-order valence-corrected chi connectivity index (χ2v) is 4.15. The Kier molecular flexibility index (Phi) is 6.49. The van der Waals surface area contributed by atoms with Gasteiger partial charge in [0.25, 0.3) is 0 Å². The van der Waals surface area contributed by atoms with Crippen LogP contribution >= 0.6 is 11.6 Å². The van der Waals surface area contributed by atoms with Gasteiger partial charge >= 0.3 is 5.97 Å². The van der Waals surface area contributed by atoms with Crippen LogP contribution in [0.2, 0.25) is 5.02 Å². The first-order chi connectivity index (χ1) is 10.1. The first-order valence-corrected chi connectivity index (χ1v) is 6.78. The lowest BCUT2D eigenvalue weighted by Crippen LogP contribution is -2.02. The number of ether oxygens (including phenoxy) is 1. The number of nitrogens with zero attached hydrogens (tertiary/aromatic N) is 1. The molecule has 5 nitrogen and oxygen atoms in total. The normalized spacial score (nSPS) is 9.33. The number of methoxy groups -OCH3 is 1. The van der Waals surface area contributed by atoms with Crippen LogP contribution in [0.1, 0.15) is 24.2 Å². The van der Waals surface area contributed by atoms with Crippen LogP contribution in [0.25, 0.3) is 0 Å². The average Bonchev–Trinajstić information content (AvgIpc) is 2.50. The number of hydrogen-bond acceptors (Lipinski definition) is 4. The monoisotopic (exact) mass is 308 g/mol. The summed E-state index contributed by atoms with van der Waals surface area (Å²) in [6.45, 7) is 4.00. The fraction of sp³-hybridized carbons (Fsp3) is 0.200. The van der Waals surface area contributed by atoms with Crippen molar-refractivity contribution in [2.75, 3.05) is 12.4 Å². The van der Waals surface area contributed by atoms with Gasteiger partial charge in [0.05, 0.1) is 30.2 Å². The molecule has 21 heavy (non-hydrogen) atoms. The minimum atomic E-state index is -1.03. The fourth-order valence-electron chi connectivity index (χ4n) is 1.54. The minimum absolute atomic E-state index is 0.139. The van der Waals surface area contributed by atoms with Crippen molar-refractivity contribution in [3.05, 3.63) is 47.1 Å². The molecule has 2 aromatic rings. The predicted molar refractivity (Wildman–Crippen MR) is 83.8 cm³/mol. The van der Waals surface area contributed by atoms with Gasteiger partial charge in [-0.15, -0.1) is 0 Å². The molecule has 0 spiro atoms. The Labute approximate surface area is 128 Å². The molecule has 0 saturated carbocycles. The van der Waals surface area contributed by atoms with Crippen molar-refractivity contribution >= 4 is 28.9 Å². The number of halogens is 1. The highest BCUT2D eigenvalue weighted by molar-refractivity contribution is 6.31. The Balaban J connectivity index is 0.00000106. The van der Waals surface area contributed by atoms with Crippen molar-refractivity contribution in [1.29, 1.82) is 0 Å². The topological polar surface area (TPSA) is 71.5 Å². The third kappa shape index (κ3) is 4.65. The molecule has 0 unspecified atom stereocenters. The van der Waals surface area contributed by atoms with Crippen LogP contribution < -0.4 is 10.1 Å². The second-order valence-electron chi connectivity index (χ2n) is 3.71. The second kappa shape index (κ2) is 8.11. The first kappa shape index (κ1) is 16.8. The summed E-state index contributed by atoms with van der Waals surface area (Å²) in [6, 6.07) is 7.94. The van der Waals surface area contributed by atoms with E-state index in [4.69, 9.17) is 21.4 Å². The zero-order chi connectivity index (χ0) is 15.8. The molecule has 6 heteroatoms. The van der Waals surface area contributed by atoms with Crippen molar-refractivity contribution < 1.29 is 14.6 Å². The zero-order valence-corrected chi connectivity index (χ0v) is 12.8. The number of aromatic nitrogens is 1. The molecule has 0 saturated heterocycles. The van der Waals surface area contributed by atoms with Crippen LogP contribution in [0.5, 0.6) is 5.88 Å². The van der Waals surface area contributed by atoms with Crippen LogP contribution in [-0.2, 0) is 0 Å². The molecule has 1 aromatic heterocycles. The highest BCUT2D eigenvalue weighted by Crippen LogP contribution is 2.25. The van der Waals surface area contributed by atoms with E-state index in [0.717, 1.165) is 0 Å². The molecule has 112 valence electrons. The van der Waals surface area contributed by atoms with Crippen molar-refractivity contribution in [1.82, 2.24) is 4.98 Å². The van der Waals surface area contributed by atoms with E-state index in [9.17, 15) is 4.79 Å². The number of pyridine rings is 1. The third-order valence-corrected chi connectivity index (χ3v) is 2.67. The number of carboxylic acids is 1. The fourth-order valence-corrected chi connectivity index (χ4v) is 1.71. The molecule has 0 aliphatic rings. The van der Waals surface area contributed by atoms with Gasteiger partial charge in [-0.1, -0.05) is 25.4 Å². The minimum Gasteiger partial charge on any atom is -0.481 e. The van der Waals surface area contributed by atoms with Crippen LogP contribution in [0.15, 0.2) is 36.5 Å². The van der Waals surface area contributed by atoms with E-state index >= 15 is 0 Å². The summed E-state index contributed by atoms with van der Waals surface area (Å²) in [6.07, 6.45) is 1.55. The summed E-state index contributed by atoms with van der Waals surface area (Å²) in [5, 5.41) is 12.5. The third-order valence-electron chi connectivity index (χ3n) is 2.44. The molecule has 0 fully saturated rings. The Morgan fingerprint density at radius 1 is 1.29 bits per heavy atom. The molecule has 0 radical (unpaired) electrons. The molecule has 0 aliphatic heterocycles. The Hall–Kier alpha value is -2.27. The largest absolute Gasteiger partial charge is 0.481 e. The quantitative estimate of drug-likeness (QED) is 0.885. The van der Waals surface area contributed by atoms with E-state index in [1.54, 1.807) is 24.4 Å². The van der Waals surface area contributed by atoms with Crippen LogP contribution in [0.3, 0.4) is 0 Å². The lowest BCUT2D eigenvalue weighted by molar-refractivity contribution is 0.0698. The molecule has 0 bridgehead atoms. The number of carbonyl (C=O) groups is 1. The van der Waals surface area contributed by atoms with E-state index in [1.165, 1.54) is 19.2 Å². The van der Waals surface area contributed by atoms with Gasteiger partial charge in [-0.3, -0.25) is 0 Å². The van der Waals surface area contributed by atoms with Crippen molar-refractivity contribution in [2.24, 2.45) is 0 Å². The summed E-state index contributed by atoms with van der Waals surface area (Å²) >= 11 is 5.87. The summed E-state index contributed by atoms with van der Waals surface area (Å²) in [5.41, 5.74) is 1.19. The number of aromatic carboxylic acids is 1. The summed E-state index contributed by atoms with van der Waals surface area (Å²) in [5.74, 6) is -0.546. The van der Waals surface area contributed by atoms with Gasteiger partial charge in [0.1, 0.15) is 0 Å². The summed E-state index contributed by atoms with van der Waals surface area (Å²) in [4.78, 5) is 15.1. The first-order valence-electron chi connectivity index (χ1n) is 6.40. The lowest BCUT2D eigenvalue weighted by atomic mass is 10.1. The van der Waals surface area contributed by atoms with Gasteiger partial charge in [-0.25, -0.2) is 9.78 Å². The van der Waals surface area contributed by atoms with E-state index in [2.05, 4.69) is 10.3 Å². The van der Waals surface area contributed by atoms with E-state index in [1.807, 2.05) is 13.8 Å². The van der Waals surface area contributed by atoms with Gasteiger partial charge in [0, 0.05) is 11.1 Å². The molecule has 2 N–H and O–H groups in total. The number of benzene rings is 1. The van der Waals surface area contributed by atoms with Gasteiger partial charge in [-0.2, -0.15) is 0 Å². The molecular weight excluding hydrogens is 292 g/mol. The maximum Gasteiger partial charge on any atom is 0.337 e. The summed E-state index contributed by atoms with van der Waals surface area (Å²) in [7, 11) is 1.52. The van der Waals surface area contributed by atoms with Crippen molar-refractivity contribution in [2.45, 2.75) is 13.8 Å². The highest BCUT2D eigenvalue weighted by Gasteiger charge is 2.10. The van der Waals surface area contributed by atoms with Gasteiger partial charge in [0.15, 0.2) is 0 Å². The van der Waals surface area contributed by atoms with Crippen LogP contribution in [-0.4, -0.2) is 23.2 Å².